The summed E-state index contributed by atoms with van der Waals surface area (Å²) in [5, 5.41) is 1.95. The third-order valence-electron chi connectivity index (χ3n) is 3.21. The van der Waals surface area contributed by atoms with Crippen molar-refractivity contribution in [3.63, 3.8) is 0 Å². The molecule has 0 saturated heterocycles. The zero-order valence-electron chi connectivity index (χ0n) is 12.2. The van der Waals surface area contributed by atoms with E-state index in [0.29, 0.717) is 18.0 Å². The number of hydrogen-bond donors (Lipinski definition) is 0. The molecule has 0 fully saturated rings. The van der Waals surface area contributed by atoms with Crippen LogP contribution in [0.4, 0.5) is 0 Å². The fourth-order valence-corrected chi connectivity index (χ4v) is 4.59. The zero-order chi connectivity index (χ0) is 15.5. The minimum absolute atomic E-state index is 0.299. The summed E-state index contributed by atoms with van der Waals surface area (Å²) in [5.41, 5.74) is 1.70. The van der Waals surface area contributed by atoms with Crippen molar-refractivity contribution in [3.05, 3.63) is 64.4 Å². The zero-order valence-corrected chi connectivity index (χ0v) is 13.9. The summed E-state index contributed by atoms with van der Waals surface area (Å²) in [5.74, 6) is 0. The first-order valence-corrected chi connectivity index (χ1v) is 8.98. The number of thiophene rings is 1. The Bertz CT molecular complexity index is 719. The summed E-state index contributed by atoms with van der Waals surface area (Å²) in [6.45, 7) is 8.07. The Hall–Kier alpha value is -1.43. The van der Waals surface area contributed by atoms with Crippen LogP contribution in [-0.2, 0) is 16.6 Å². The Morgan fingerprint density at radius 2 is 2.05 bits per heavy atom. The Morgan fingerprint density at radius 3 is 2.67 bits per heavy atom. The standard InChI is InChI=1S/C16H19NO2S2/c1-4-9-17(12-15-6-5-10-20-15)21(18,19)16-11-13(2)7-8-14(16)3/h4-8,10-11H,1,9,12H2,2-3H3. The number of hydrogen-bond acceptors (Lipinski definition) is 3. The number of aryl methyl sites for hydroxylation is 2. The van der Waals surface area contributed by atoms with Crippen molar-refractivity contribution in [2.45, 2.75) is 25.3 Å². The van der Waals surface area contributed by atoms with Gasteiger partial charge in [0.05, 0.1) is 4.90 Å². The van der Waals surface area contributed by atoms with Crippen LogP contribution in [0.2, 0.25) is 0 Å². The van der Waals surface area contributed by atoms with Gasteiger partial charge >= 0.3 is 0 Å². The molecule has 5 heteroatoms. The van der Waals surface area contributed by atoms with Crippen LogP contribution in [0.15, 0.2) is 53.3 Å². The normalized spacial score (nSPS) is 11.8. The van der Waals surface area contributed by atoms with Gasteiger partial charge in [-0.05, 0) is 42.5 Å². The molecular weight excluding hydrogens is 302 g/mol. The molecule has 0 aliphatic carbocycles. The lowest BCUT2D eigenvalue weighted by atomic mass is 10.2. The first-order chi connectivity index (χ1) is 9.95. The molecule has 0 N–H and O–H groups in total. The van der Waals surface area contributed by atoms with Gasteiger partial charge in [-0.3, -0.25) is 0 Å². The van der Waals surface area contributed by atoms with Crippen molar-refractivity contribution < 1.29 is 8.42 Å². The van der Waals surface area contributed by atoms with Gasteiger partial charge in [-0.2, -0.15) is 4.31 Å². The quantitative estimate of drug-likeness (QED) is 0.760. The second-order valence-electron chi connectivity index (χ2n) is 4.93. The molecule has 0 radical (unpaired) electrons. The van der Waals surface area contributed by atoms with E-state index in [1.807, 2.05) is 43.5 Å². The van der Waals surface area contributed by atoms with Gasteiger partial charge in [0, 0.05) is 18.0 Å². The van der Waals surface area contributed by atoms with Gasteiger partial charge < -0.3 is 0 Å². The number of rotatable bonds is 6. The predicted molar refractivity (Wildman–Crippen MR) is 88.0 cm³/mol. The Labute approximate surface area is 130 Å². The van der Waals surface area contributed by atoms with E-state index >= 15 is 0 Å². The highest BCUT2D eigenvalue weighted by Gasteiger charge is 2.25. The number of sulfonamides is 1. The maximum atomic E-state index is 12.9. The average Bonchev–Trinajstić information content (AvgIpc) is 2.94. The molecule has 112 valence electrons. The van der Waals surface area contributed by atoms with Gasteiger partial charge in [-0.25, -0.2) is 8.42 Å². The lowest BCUT2D eigenvalue weighted by Crippen LogP contribution is -2.31. The van der Waals surface area contributed by atoms with Crippen molar-refractivity contribution in [2.75, 3.05) is 6.54 Å². The largest absolute Gasteiger partial charge is 0.243 e. The molecule has 21 heavy (non-hydrogen) atoms. The molecule has 0 aliphatic rings. The summed E-state index contributed by atoms with van der Waals surface area (Å²) in [7, 11) is -3.52. The molecule has 1 aromatic heterocycles. The van der Waals surface area contributed by atoms with Gasteiger partial charge in [0.2, 0.25) is 10.0 Å². The van der Waals surface area contributed by atoms with Crippen molar-refractivity contribution in [1.82, 2.24) is 4.31 Å². The maximum Gasteiger partial charge on any atom is 0.243 e. The number of benzene rings is 1. The topological polar surface area (TPSA) is 37.4 Å². The SMILES string of the molecule is C=CCN(Cc1cccs1)S(=O)(=O)c1cc(C)ccc1C. The van der Waals surface area contributed by atoms with E-state index in [4.69, 9.17) is 0 Å². The highest BCUT2D eigenvalue weighted by atomic mass is 32.2. The highest BCUT2D eigenvalue weighted by molar-refractivity contribution is 7.89. The van der Waals surface area contributed by atoms with Gasteiger partial charge in [0.25, 0.3) is 0 Å². The van der Waals surface area contributed by atoms with Crippen molar-refractivity contribution in [1.29, 1.82) is 0 Å². The van der Waals surface area contributed by atoms with E-state index in [9.17, 15) is 8.42 Å². The minimum atomic E-state index is -3.52. The van der Waals surface area contributed by atoms with Crippen LogP contribution in [0.25, 0.3) is 0 Å². The Balaban J connectivity index is 2.41. The van der Waals surface area contributed by atoms with Gasteiger partial charge in [0.1, 0.15) is 0 Å². The Kier molecular flexibility index (Phi) is 4.98. The van der Waals surface area contributed by atoms with Crippen LogP contribution in [0, 0.1) is 13.8 Å². The molecule has 0 atom stereocenters. The molecular formula is C16H19NO2S2. The summed E-state index contributed by atoms with van der Waals surface area (Å²) in [6, 6.07) is 9.37. The van der Waals surface area contributed by atoms with Gasteiger partial charge in [-0.15, -0.1) is 17.9 Å². The van der Waals surface area contributed by atoms with E-state index in [1.54, 1.807) is 23.5 Å². The molecule has 0 amide bonds. The molecule has 1 aromatic carbocycles. The van der Waals surface area contributed by atoms with Gasteiger partial charge in [0.15, 0.2) is 0 Å². The van der Waals surface area contributed by atoms with Crippen molar-refractivity contribution in [2.24, 2.45) is 0 Å². The fourth-order valence-electron chi connectivity index (χ4n) is 2.09. The second-order valence-corrected chi connectivity index (χ2v) is 7.87. The van der Waals surface area contributed by atoms with Crippen LogP contribution < -0.4 is 0 Å². The fraction of sp³-hybridized carbons (Fsp3) is 0.250. The number of nitrogens with zero attached hydrogens (tertiary/aromatic N) is 1. The smallest absolute Gasteiger partial charge is 0.207 e. The van der Waals surface area contributed by atoms with Crippen LogP contribution in [-0.4, -0.2) is 19.3 Å². The molecule has 0 spiro atoms. The predicted octanol–water partition coefficient (Wildman–Crippen LogP) is 3.74. The summed E-state index contributed by atoms with van der Waals surface area (Å²) in [4.78, 5) is 1.40. The third kappa shape index (κ3) is 3.61. The maximum absolute atomic E-state index is 12.9. The first kappa shape index (κ1) is 15.9. The minimum Gasteiger partial charge on any atom is -0.207 e. The molecule has 0 bridgehead atoms. The van der Waals surface area contributed by atoms with Crippen molar-refractivity contribution in [3.8, 4) is 0 Å². The molecule has 2 rings (SSSR count). The third-order valence-corrected chi connectivity index (χ3v) is 6.02. The first-order valence-electron chi connectivity index (χ1n) is 6.66. The summed E-state index contributed by atoms with van der Waals surface area (Å²) >= 11 is 1.56. The molecule has 0 unspecified atom stereocenters. The van der Waals surface area contributed by atoms with Crippen LogP contribution in [0.3, 0.4) is 0 Å². The lowest BCUT2D eigenvalue weighted by Gasteiger charge is -2.21. The van der Waals surface area contributed by atoms with Crippen LogP contribution in [0.5, 0.6) is 0 Å². The van der Waals surface area contributed by atoms with E-state index in [1.165, 1.54) is 4.31 Å². The lowest BCUT2D eigenvalue weighted by molar-refractivity contribution is 0.441. The summed E-state index contributed by atoms with van der Waals surface area (Å²) in [6.07, 6.45) is 1.62. The molecule has 0 saturated carbocycles. The van der Waals surface area contributed by atoms with E-state index < -0.39 is 10.0 Å². The molecule has 3 nitrogen and oxygen atoms in total. The molecule has 2 aromatic rings. The molecule has 0 aliphatic heterocycles. The monoisotopic (exact) mass is 321 g/mol. The van der Waals surface area contributed by atoms with E-state index in [-0.39, 0.29) is 0 Å². The molecule has 1 heterocycles. The van der Waals surface area contributed by atoms with Crippen molar-refractivity contribution >= 4 is 21.4 Å². The average molecular weight is 321 g/mol. The van der Waals surface area contributed by atoms with Crippen LogP contribution >= 0.6 is 11.3 Å². The van der Waals surface area contributed by atoms with Crippen LogP contribution in [0.1, 0.15) is 16.0 Å². The van der Waals surface area contributed by atoms with E-state index in [0.717, 1.165) is 16.0 Å². The highest BCUT2D eigenvalue weighted by Crippen LogP contribution is 2.24. The second kappa shape index (κ2) is 6.56. The summed E-state index contributed by atoms with van der Waals surface area (Å²) < 4.78 is 27.3. The Morgan fingerprint density at radius 1 is 1.29 bits per heavy atom. The van der Waals surface area contributed by atoms with E-state index in [2.05, 4.69) is 6.58 Å². The van der Waals surface area contributed by atoms with Gasteiger partial charge in [-0.1, -0.05) is 24.3 Å².